The quantitative estimate of drug-likeness (QED) is 0.859. The third-order valence-electron chi connectivity index (χ3n) is 2.23. The first kappa shape index (κ1) is 13.0. The molecule has 0 fully saturated rings. The van der Waals surface area contributed by atoms with Crippen molar-refractivity contribution < 1.29 is 13.2 Å². The minimum atomic E-state index is -4.71. The fourth-order valence-electron chi connectivity index (χ4n) is 1.41. The normalized spacial score (nSPS) is 11.8. The molecule has 1 heterocycles. The van der Waals surface area contributed by atoms with E-state index in [0.29, 0.717) is 15.9 Å². The third kappa shape index (κ3) is 2.26. The minimum Gasteiger partial charge on any atom is -0.298 e. The topological polar surface area (TPSA) is 37.8 Å². The Kier molecular flexibility index (Phi) is 3.16. The highest BCUT2D eigenvalue weighted by Crippen LogP contribution is 2.27. The zero-order valence-corrected chi connectivity index (χ0v) is 10.1. The molecule has 96 valence electrons. The lowest BCUT2D eigenvalue weighted by Crippen LogP contribution is -2.22. The molecule has 0 aliphatic rings. The second kappa shape index (κ2) is 4.37. The van der Waals surface area contributed by atoms with Gasteiger partial charge in [0.05, 0.1) is 10.7 Å². The van der Waals surface area contributed by atoms with Crippen LogP contribution in [0, 0.1) is 0 Å². The lowest BCUT2D eigenvalue weighted by atomic mass is 10.3. The molecule has 2 rings (SSSR count). The van der Waals surface area contributed by atoms with Crippen molar-refractivity contribution >= 4 is 23.2 Å². The molecule has 0 unspecified atom stereocenters. The fourth-order valence-corrected chi connectivity index (χ4v) is 1.91. The molecule has 0 bridgehead atoms. The Morgan fingerprint density at radius 3 is 2.39 bits per heavy atom. The lowest BCUT2D eigenvalue weighted by molar-refractivity contribution is -0.138. The molecule has 0 aliphatic carbocycles. The van der Waals surface area contributed by atoms with Crippen molar-refractivity contribution in [2.24, 2.45) is 0 Å². The number of benzene rings is 1. The van der Waals surface area contributed by atoms with Gasteiger partial charge >= 0.3 is 6.18 Å². The van der Waals surface area contributed by atoms with Crippen LogP contribution in [0.2, 0.25) is 10.0 Å². The van der Waals surface area contributed by atoms with Gasteiger partial charge in [-0.3, -0.25) is 9.89 Å². The molecule has 0 saturated carbocycles. The highest BCUT2D eigenvalue weighted by atomic mass is 35.5. The number of hydrogen-bond donors (Lipinski definition) is 1. The van der Waals surface area contributed by atoms with E-state index in [-0.39, 0.29) is 10.7 Å². The molecule has 0 saturated heterocycles. The molecule has 0 atom stereocenters. The van der Waals surface area contributed by atoms with Crippen molar-refractivity contribution in [1.29, 1.82) is 0 Å². The van der Waals surface area contributed by atoms with Gasteiger partial charge in [-0.25, -0.2) is 4.68 Å². The number of H-pyrrole nitrogens is 1. The van der Waals surface area contributed by atoms with E-state index < -0.39 is 17.3 Å². The van der Waals surface area contributed by atoms with Crippen LogP contribution in [-0.4, -0.2) is 9.78 Å². The van der Waals surface area contributed by atoms with Gasteiger partial charge in [-0.2, -0.15) is 13.2 Å². The zero-order valence-electron chi connectivity index (χ0n) is 8.55. The van der Waals surface area contributed by atoms with E-state index in [9.17, 15) is 18.0 Å². The van der Waals surface area contributed by atoms with Crippen LogP contribution in [0.3, 0.4) is 0 Å². The summed E-state index contributed by atoms with van der Waals surface area (Å²) >= 11 is 11.5. The maximum Gasteiger partial charge on any atom is 0.423 e. The summed E-state index contributed by atoms with van der Waals surface area (Å²) in [7, 11) is 0. The molecule has 0 amide bonds. The van der Waals surface area contributed by atoms with E-state index >= 15 is 0 Å². The number of aromatic nitrogens is 2. The van der Waals surface area contributed by atoms with Crippen molar-refractivity contribution in [2.45, 2.75) is 6.18 Å². The highest BCUT2D eigenvalue weighted by molar-refractivity contribution is 6.35. The third-order valence-corrected chi connectivity index (χ3v) is 2.77. The van der Waals surface area contributed by atoms with Crippen LogP contribution in [0.1, 0.15) is 5.56 Å². The lowest BCUT2D eigenvalue weighted by Gasteiger charge is -2.04. The maximum atomic E-state index is 12.5. The van der Waals surface area contributed by atoms with Gasteiger partial charge in [0.25, 0.3) is 5.56 Å². The number of aromatic amines is 1. The smallest absolute Gasteiger partial charge is 0.298 e. The van der Waals surface area contributed by atoms with E-state index in [1.807, 2.05) is 0 Å². The van der Waals surface area contributed by atoms with Crippen molar-refractivity contribution in [3.8, 4) is 5.69 Å². The standard InChI is InChI=1S/C10H5Cl2F3N2O/c11-5-1-2-8(7(12)3-5)17-9(18)6(4-16-17)10(13,14)15/h1-4,16H. The Bertz CT molecular complexity index is 645. The van der Waals surface area contributed by atoms with Crippen molar-refractivity contribution in [1.82, 2.24) is 9.78 Å². The zero-order chi connectivity index (χ0) is 13.5. The summed E-state index contributed by atoms with van der Waals surface area (Å²) in [4.78, 5) is 11.6. The van der Waals surface area contributed by atoms with Gasteiger partial charge < -0.3 is 0 Å². The molecule has 0 radical (unpaired) electrons. The highest BCUT2D eigenvalue weighted by Gasteiger charge is 2.35. The summed E-state index contributed by atoms with van der Waals surface area (Å²) in [5.74, 6) is 0. The van der Waals surface area contributed by atoms with E-state index in [1.54, 1.807) is 0 Å². The molecule has 8 heteroatoms. The molecule has 1 aromatic carbocycles. The predicted octanol–water partition coefficient (Wildman–Crippen LogP) is 3.49. The summed E-state index contributed by atoms with van der Waals surface area (Å²) < 4.78 is 38.1. The summed E-state index contributed by atoms with van der Waals surface area (Å²) in [5.41, 5.74) is -2.40. The Labute approximate surface area is 109 Å². The molecule has 1 aromatic heterocycles. The monoisotopic (exact) mass is 296 g/mol. The van der Waals surface area contributed by atoms with Crippen LogP contribution in [-0.2, 0) is 6.18 Å². The molecule has 18 heavy (non-hydrogen) atoms. The van der Waals surface area contributed by atoms with E-state index in [2.05, 4.69) is 5.10 Å². The second-order valence-electron chi connectivity index (χ2n) is 3.42. The van der Waals surface area contributed by atoms with Gasteiger partial charge in [0.15, 0.2) is 0 Å². The fraction of sp³-hybridized carbons (Fsp3) is 0.100. The van der Waals surface area contributed by atoms with Gasteiger partial charge in [-0.15, -0.1) is 0 Å². The summed E-state index contributed by atoms with van der Waals surface area (Å²) in [6.45, 7) is 0. The first-order valence-corrected chi connectivity index (χ1v) is 5.39. The van der Waals surface area contributed by atoms with Gasteiger partial charge in [0, 0.05) is 11.2 Å². The van der Waals surface area contributed by atoms with Crippen LogP contribution in [0.5, 0.6) is 0 Å². The number of nitrogens with zero attached hydrogens (tertiary/aromatic N) is 1. The summed E-state index contributed by atoms with van der Waals surface area (Å²) in [6, 6.07) is 4.10. The Morgan fingerprint density at radius 1 is 1.22 bits per heavy atom. The van der Waals surface area contributed by atoms with Gasteiger partial charge in [-0.1, -0.05) is 23.2 Å². The van der Waals surface area contributed by atoms with Crippen LogP contribution >= 0.6 is 23.2 Å². The molecule has 2 aromatic rings. The second-order valence-corrected chi connectivity index (χ2v) is 4.26. The molecular formula is C10H5Cl2F3N2O. The van der Waals surface area contributed by atoms with Crippen molar-refractivity contribution in [3.05, 3.63) is 50.4 Å². The molecule has 3 nitrogen and oxygen atoms in total. The number of nitrogens with one attached hydrogen (secondary N) is 1. The first-order valence-electron chi connectivity index (χ1n) is 4.64. The van der Waals surface area contributed by atoms with E-state index in [1.165, 1.54) is 18.2 Å². The summed E-state index contributed by atoms with van der Waals surface area (Å²) in [5, 5.41) is 2.60. The Hall–Kier alpha value is -1.40. The van der Waals surface area contributed by atoms with Crippen molar-refractivity contribution in [2.75, 3.05) is 0 Å². The molecule has 1 N–H and O–H groups in total. The van der Waals surface area contributed by atoms with Crippen LogP contribution in [0.25, 0.3) is 5.69 Å². The van der Waals surface area contributed by atoms with E-state index in [4.69, 9.17) is 23.2 Å². The van der Waals surface area contributed by atoms with Gasteiger partial charge in [0.2, 0.25) is 0 Å². The van der Waals surface area contributed by atoms with Crippen LogP contribution in [0.15, 0.2) is 29.2 Å². The van der Waals surface area contributed by atoms with Crippen molar-refractivity contribution in [3.63, 3.8) is 0 Å². The molecular weight excluding hydrogens is 292 g/mol. The predicted molar refractivity (Wildman–Crippen MR) is 61.4 cm³/mol. The number of rotatable bonds is 1. The van der Waals surface area contributed by atoms with E-state index in [0.717, 1.165) is 0 Å². The largest absolute Gasteiger partial charge is 0.423 e. The summed E-state index contributed by atoms with van der Waals surface area (Å²) in [6.07, 6.45) is -4.12. The van der Waals surface area contributed by atoms with Gasteiger partial charge in [-0.05, 0) is 18.2 Å². The average molecular weight is 297 g/mol. The van der Waals surface area contributed by atoms with Crippen LogP contribution < -0.4 is 5.56 Å². The molecule has 0 spiro atoms. The number of hydrogen-bond acceptors (Lipinski definition) is 1. The Balaban J connectivity index is 2.60. The van der Waals surface area contributed by atoms with Crippen LogP contribution in [0.4, 0.5) is 13.2 Å². The first-order chi connectivity index (χ1) is 8.30. The SMILES string of the molecule is O=c1c(C(F)(F)F)c[nH]n1-c1ccc(Cl)cc1Cl. The Morgan fingerprint density at radius 2 is 1.89 bits per heavy atom. The van der Waals surface area contributed by atoms with Gasteiger partial charge in [0.1, 0.15) is 5.56 Å². The molecule has 0 aliphatic heterocycles. The maximum absolute atomic E-state index is 12.5. The number of halogens is 5. The minimum absolute atomic E-state index is 0.0696. The number of alkyl halides is 3. The average Bonchev–Trinajstić information content (AvgIpc) is 2.60.